The Kier molecular flexibility index (Phi) is 19.6. The van der Waals surface area contributed by atoms with Gasteiger partial charge < -0.3 is 4.79 Å². The van der Waals surface area contributed by atoms with Crippen molar-refractivity contribution >= 4 is 5.78 Å². The molecule has 2 rings (SSSR count). The summed E-state index contributed by atoms with van der Waals surface area (Å²) >= 11 is 0. The molecule has 0 aromatic heterocycles. The highest BCUT2D eigenvalue weighted by atomic mass is 16.1. The van der Waals surface area contributed by atoms with E-state index in [4.69, 9.17) is 0 Å². The molecule has 0 amide bonds. The lowest BCUT2D eigenvalue weighted by Gasteiger charge is -2.36. The van der Waals surface area contributed by atoms with Crippen molar-refractivity contribution in [3.8, 4) is 0 Å². The molecule has 0 aromatic rings. The van der Waals surface area contributed by atoms with Crippen LogP contribution in [0.15, 0.2) is 36.0 Å². The molecular formula is C28H52O. The minimum Gasteiger partial charge on any atom is -0.300 e. The number of hydrogen-bond acceptors (Lipinski definition) is 1. The van der Waals surface area contributed by atoms with Crippen LogP contribution in [0.5, 0.6) is 0 Å². The molecule has 4 unspecified atom stereocenters. The average molecular weight is 405 g/mol. The third-order valence-electron chi connectivity index (χ3n) is 6.12. The third kappa shape index (κ3) is 13.7. The number of carbonyl (C=O) groups excluding carboxylic acids is 1. The highest BCUT2D eigenvalue weighted by Gasteiger charge is 2.30. The molecule has 0 bridgehead atoms. The van der Waals surface area contributed by atoms with Crippen molar-refractivity contribution in [3.05, 3.63) is 36.0 Å². The Bertz CT molecular complexity index is 483. The predicted octanol–water partition coefficient (Wildman–Crippen LogP) is 9.35. The van der Waals surface area contributed by atoms with E-state index in [1.165, 1.54) is 37.7 Å². The predicted molar refractivity (Wildman–Crippen MR) is 133 cm³/mol. The van der Waals surface area contributed by atoms with Gasteiger partial charge in [-0.25, -0.2) is 0 Å². The summed E-state index contributed by atoms with van der Waals surface area (Å²) in [4.78, 5) is 10.2. The van der Waals surface area contributed by atoms with Crippen LogP contribution >= 0.6 is 0 Å². The molecule has 0 saturated heterocycles. The van der Waals surface area contributed by atoms with Crippen LogP contribution < -0.4 is 0 Å². The van der Waals surface area contributed by atoms with E-state index in [1.807, 2.05) is 13.8 Å². The monoisotopic (exact) mass is 404 g/mol. The van der Waals surface area contributed by atoms with E-state index in [9.17, 15) is 4.79 Å². The first-order valence-corrected chi connectivity index (χ1v) is 12.3. The molecule has 4 atom stereocenters. The van der Waals surface area contributed by atoms with Crippen LogP contribution in [0, 0.1) is 23.7 Å². The van der Waals surface area contributed by atoms with Gasteiger partial charge in [0.1, 0.15) is 5.78 Å². The van der Waals surface area contributed by atoms with E-state index in [-0.39, 0.29) is 0 Å². The molecule has 1 heteroatoms. The number of hydrogen-bond donors (Lipinski definition) is 0. The molecule has 0 fully saturated rings. The van der Waals surface area contributed by atoms with Crippen molar-refractivity contribution < 1.29 is 4.79 Å². The van der Waals surface area contributed by atoms with Crippen molar-refractivity contribution in [2.75, 3.05) is 0 Å². The number of carbonyl (C=O) groups is 1. The lowest BCUT2D eigenvalue weighted by atomic mass is 9.69. The Morgan fingerprint density at radius 3 is 2.21 bits per heavy atom. The summed E-state index contributed by atoms with van der Waals surface area (Å²) in [6.45, 7) is 22.7. The normalized spacial score (nSPS) is 22.8. The van der Waals surface area contributed by atoms with E-state index in [1.54, 1.807) is 12.5 Å². The maximum atomic E-state index is 10.2. The van der Waals surface area contributed by atoms with Crippen LogP contribution in [0.3, 0.4) is 0 Å². The number of Topliss-reactive ketones (excluding diaryl/α,β-unsaturated/α-hetero) is 1. The summed E-state index contributed by atoms with van der Waals surface area (Å²) in [6, 6.07) is 0. The number of rotatable bonds is 6. The molecule has 0 N–H and O–H groups in total. The first kappa shape index (κ1) is 30.1. The van der Waals surface area contributed by atoms with Crippen LogP contribution in [0.25, 0.3) is 0 Å². The van der Waals surface area contributed by atoms with Gasteiger partial charge in [-0.1, -0.05) is 91.7 Å². The SMILES string of the molecule is C=C(C)C(C)CC.CC.CCC1C(C)C=CC2=CCCCC21.CCCCC(C)=O. The van der Waals surface area contributed by atoms with Gasteiger partial charge >= 0.3 is 0 Å². The van der Waals surface area contributed by atoms with Gasteiger partial charge in [-0.3, -0.25) is 0 Å². The molecule has 29 heavy (non-hydrogen) atoms. The maximum absolute atomic E-state index is 10.2. The fourth-order valence-electron chi connectivity index (χ4n) is 3.78. The highest BCUT2D eigenvalue weighted by Crippen LogP contribution is 2.41. The lowest BCUT2D eigenvalue weighted by molar-refractivity contribution is -0.117. The average Bonchev–Trinajstić information content (AvgIpc) is 2.73. The number of ketones is 1. The van der Waals surface area contributed by atoms with E-state index < -0.39 is 0 Å². The Labute approximate surface area is 184 Å². The van der Waals surface area contributed by atoms with Gasteiger partial charge in [0.2, 0.25) is 0 Å². The van der Waals surface area contributed by atoms with Gasteiger partial charge in [-0.2, -0.15) is 0 Å². The minimum atomic E-state index is 0.307. The van der Waals surface area contributed by atoms with Crippen LogP contribution in [-0.4, -0.2) is 5.78 Å². The standard InChI is InChI=1S/C13H20.C7H14.C6H12O.C2H6/c1-3-12-10(2)8-9-11-6-4-5-7-13(11)12;1-5-7(4)6(2)3;1-3-4-5-6(2)7;1-2/h6,8-10,12-13H,3-5,7H2,1-2H3;7H,2,5H2,1,3-4H3;3-5H2,1-2H3;1-2H3. The molecule has 0 heterocycles. The summed E-state index contributed by atoms with van der Waals surface area (Å²) in [5.74, 6) is 3.61. The van der Waals surface area contributed by atoms with E-state index >= 15 is 0 Å². The molecule has 0 saturated carbocycles. The molecule has 1 nitrogen and oxygen atoms in total. The molecule has 0 spiro atoms. The summed E-state index contributed by atoms with van der Waals surface area (Å²) in [5, 5.41) is 0. The molecule has 0 aliphatic heterocycles. The summed E-state index contributed by atoms with van der Waals surface area (Å²) in [5.41, 5.74) is 2.93. The smallest absolute Gasteiger partial charge is 0.129 e. The maximum Gasteiger partial charge on any atom is 0.129 e. The fraction of sp³-hybridized carbons (Fsp3) is 0.750. The van der Waals surface area contributed by atoms with E-state index in [2.05, 4.69) is 66.3 Å². The molecule has 2 aliphatic rings. The Morgan fingerprint density at radius 1 is 1.21 bits per heavy atom. The molecular weight excluding hydrogens is 352 g/mol. The van der Waals surface area contributed by atoms with Crippen molar-refractivity contribution in [3.63, 3.8) is 0 Å². The minimum absolute atomic E-state index is 0.307. The first-order valence-electron chi connectivity index (χ1n) is 12.3. The van der Waals surface area contributed by atoms with Gasteiger partial charge in [0.25, 0.3) is 0 Å². The lowest BCUT2D eigenvalue weighted by Crippen LogP contribution is -2.26. The zero-order valence-corrected chi connectivity index (χ0v) is 21.3. The van der Waals surface area contributed by atoms with Gasteiger partial charge in [-0.05, 0) is 75.2 Å². The van der Waals surface area contributed by atoms with E-state index in [0.717, 1.165) is 37.0 Å². The van der Waals surface area contributed by atoms with Crippen molar-refractivity contribution in [2.24, 2.45) is 23.7 Å². The van der Waals surface area contributed by atoms with Crippen LogP contribution in [0.2, 0.25) is 0 Å². The summed E-state index contributed by atoms with van der Waals surface area (Å²) in [6.07, 6.45) is 16.9. The number of unbranched alkanes of at least 4 members (excludes halogenated alkanes) is 1. The number of fused-ring (bicyclic) bond motifs is 1. The van der Waals surface area contributed by atoms with Gasteiger partial charge in [0.05, 0.1) is 0 Å². The first-order chi connectivity index (χ1) is 13.8. The van der Waals surface area contributed by atoms with Crippen molar-refractivity contribution in [1.82, 2.24) is 0 Å². The Balaban J connectivity index is 0. The molecule has 170 valence electrons. The van der Waals surface area contributed by atoms with Crippen molar-refractivity contribution in [2.45, 2.75) is 114 Å². The zero-order valence-electron chi connectivity index (χ0n) is 21.3. The summed E-state index contributed by atoms with van der Waals surface area (Å²) < 4.78 is 0. The largest absolute Gasteiger partial charge is 0.300 e. The van der Waals surface area contributed by atoms with Crippen LogP contribution in [-0.2, 0) is 4.79 Å². The Morgan fingerprint density at radius 2 is 1.83 bits per heavy atom. The third-order valence-corrected chi connectivity index (χ3v) is 6.12. The Hall–Kier alpha value is -1.11. The van der Waals surface area contributed by atoms with Gasteiger partial charge in [0.15, 0.2) is 0 Å². The second-order valence-corrected chi connectivity index (χ2v) is 8.49. The second-order valence-electron chi connectivity index (χ2n) is 8.49. The van der Waals surface area contributed by atoms with Gasteiger partial charge in [0, 0.05) is 6.42 Å². The van der Waals surface area contributed by atoms with Gasteiger partial charge in [-0.15, -0.1) is 0 Å². The van der Waals surface area contributed by atoms with E-state index in [0.29, 0.717) is 11.7 Å². The zero-order chi connectivity index (χ0) is 22.8. The van der Waals surface area contributed by atoms with Crippen molar-refractivity contribution in [1.29, 1.82) is 0 Å². The number of allylic oxidation sites excluding steroid dienone is 5. The van der Waals surface area contributed by atoms with Crippen LogP contribution in [0.4, 0.5) is 0 Å². The van der Waals surface area contributed by atoms with Crippen LogP contribution in [0.1, 0.15) is 114 Å². The molecule has 2 aliphatic carbocycles. The topological polar surface area (TPSA) is 17.1 Å². The molecule has 0 radical (unpaired) electrons. The summed E-state index contributed by atoms with van der Waals surface area (Å²) in [7, 11) is 0. The quantitative estimate of drug-likeness (QED) is 0.403. The fourth-order valence-corrected chi connectivity index (χ4v) is 3.78. The molecule has 0 aromatic carbocycles. The highest BCUT2D eigenvalue weighted by molar-refractivity contribution is 5.75. The second kappa shape index (κ2) is 18.9.